The third-order valence-corrected chi connectivity index (χ3v) is 9.83. The quantitative estimate of drug-likeness (QED) is 0.343. The molecule has 4 aliphatic rings. The Labute approximate surface area is 263 Å². The molecular weight excluding hydrogens is 688 g/mol. The van der Waals surface area contributed by atoms with Crippen LogP contribution < -0.4 is 24.7 Å². The topological polar surface area (TPSA) is 108 Å². The lowest BCUT2D eigenvalue weighted by atomic mass is 10.1. The van der Waals surface area contributed by atoms with Gasteiger partial charge >= 0.3 is 0 Å². The first-order chi connectivity index (χ1) is 19.9. The Bertz CT molecular complexity index is 1450. The van der Waals surface area contributed by atoms with Crippen molar-refractivity contribution >= 4 is 74.8 Å². The van der Waals surface area contributed by atoms with Gasteiger partial charge in [0.1, 0.15) is 43.5 Å². The molecule has 4 aliphatic heterocycles. The number of anilines is 2. The van der Waals surface area contributed by atoms with Crippen LogP contribution in [0.5, 0.6) is 11.5 Å². The molecule has 2 aromatic rings. The fraction of sp³-hybridized carbons (Fsp3) is 0.429. The molecule has 0 saturated carbocycles. The predicted octanol–water partition coefficient (Wildman–Crippen LogP) is 4.98. The van der Waals surface area contributed by atoms with E-state index in [-0.39, 0.29) is 30.6 Å². The Morgan fingerprint density at radius 1 is 0.929 bits per heavy atom. The number of ether oxygens (including phenoxy) is 3. The summed E-state index contributed by atoms with van der Waals surface area (Å²) < 4.78 is 19.0. The van der Waals surface area contributed by atoms with Gasteiger partial charge in [-0.1, -0.05) is 51.5 Å². The Hall–Kier alpha value is -2.94. The molecule has 2 atom stereocenters. The maximum Gasteiger partial charge on any atom is 0.267 e. The number of halogens is 2. The van der Waals surface area contributed by atoms with Crippen molar-refractivity contribution in [1.29, 1.82) is 0 Å². The minimum absolute atomic E-state index is 0.0652. The number of amides is 2. The van der Waals surface area contributed by atoms with E-state index in [4.69, 9.17) is 14.2 Å². The minimum atomic E-state index is -1.14. The van der Waals surface area contributed by atoms with Crippen molar-refractivity contribution in [1.82, 2.24) is 10.4 Å². The van der Waals surface area contributed by atoms with Crippen molar-refractivity contribution in [2.24, 2.45) is 10.2 Å². The highest BCUT2D eigenvalue weighted by atomic mass is 79.9. The Morgan fingerprint density at radius 2 is 1.50 bits per heavy atom. The zero-order chi connectivity index (χ0) is 30.2. The number of carbonyl (C=O) groups is 2. The maximum atomic E-state index is 12.7. The monoisotopic (exact) mass is 720 g/mol. The van der Waals surface area contributed by atoms with Gasteiger partial charge in [0.15, 0.2) is 11.7 Å². The SMILES string of the molecule is CC1C(=O)N(COCC[Si](C)(C)C)N=C2COc3ccc(Br)cc3N21.CC1C(=O)NN=C2COc3ccc(Br)cc3N21. The highest BCUT2D eigenvalue weighted by molar-refractivity contribution is 9.10. The van der Waals surface area contributed by atoms with E-state index in [2.05, 4.69) is 67.1 Å². The van der Waals surface area contributed by atoms with Crippen LogP contribution in [0.15, 0.2) is 55.5 Å². The molecule has 0 bridgehead atoms. The van der Waals surface area contributed by atoms with E-state index in [1.807, 2.05) is 60.0 Å². The highest BCUT2D eigenvalue weighted by Crippen LogP contribution is 2.38. The van der Waals surface area contributed by atoms with Crippen molar-refractivity contribution in [2.45, 2.75) is 51.6 Å². The number of hydrazone groups is 2. The first-order valence-corrected chi connectivity index (χ1v) is 19.0. The predicted molar refractivity (Wildman–Crippen MR) is 172 cm³/mol. The molecular formula is C28H34Br2N6O5Si. The van der Waals surface area contributed by atoms with E-state index in [0.717, 1.165) is 49.5 Å². The van der Waals surface area contributed by atoms with Crippen LogP contribution in [-0.4, -0.2) is 75.2 Å². The molecule has 1 N–H and O–H groups in total. The van der Waals surface area contributed by atoms with Crippen LogP contribution in [0.25, 0.3) is 0 Å². The number of nitrogens with one attached hydrogen (secondary N) is 1. The van der Waals surface area contributed by atoms with Gasteiger partial charge in [-0.15, -0.1) is 0 Å². The second kappa shape index (κ2) is 12.3. The van der Waals surface area contributed by atoms with E-state index >= 15 is 0 Å². The van der Waals surface area contributed by atoms with Crippen molar-refractivity contribution in [3.05, 3.63) is 45.3 Å². The second-order valence-electron chi connectivity index (χ2n) is 11.5. The Kier molecular flexibility index (Phi) is 8.97. The van der Waals surface area contributed by atoms with Gasteiger partial charge in [-0.25, -0.2) is 10.4 Å². The molecule has 2 unspecified atom stereocenters. The fourth-order valence-electron chi connectivity index (χ4n) is 4.80. The van der Waals surface area contributed by atoms with Crippen LogP contribution in [0.4, 0.5) is 11.4 Å². The molecule has 4 heterocycles. The zero-order valence-corrected chi connectivity index (χ0v) is 28.4. The largest absolute Gasteiger partial charge is 0.483 e. The third-order valence-electron chi connectivity index (χ3n) is 7.14. The number of benzene rings is 2. The van der Waals surface area contributed by atoms with Gasteiger partial charge in [-0.05, 0) is 56.3 Å². The summed E-state index contributed by atoms with van der Waals surface area (Å²) in [6.07, 6.45) is 0. The van der Waals surface area contributed by atoms with E-state index in [1.165, 1.54) is 5.01 Å². The fourth-order valence-corrected chi connectivity index (χ4v) is 6.25. The smallest absolute Gasteiger partial charge is 0.267 e. The zero-order valence-electron chi connectivity index (χ0n) is 24.2. The lowest BCUT2D eigenvalue weighted by Gasteiger charge is -2.41. The summed E-state index contributed by atoms with van der Waals surface area (Å²) in [6, 6.07) is 12.0. The number of hydrogen-bond donors (Lipinski definition) is 1. The number of nitrogens with zero attached hydrogens (tertiary/aromatic N) is 5. The Balaban J connectivity index is 0.000000180. The van der Waals surface area contributed by atoms with Crippen LogP contribution in [0.3, 0.4) is 0 Å². The van der Waals surface area contributed by atoms with Crippen LogP contribution in [0, 0.1) is 0 Å². The first kappa shape index (κ1) is 30.5. The molecule has 11 nitrogen and oxygen atoms in total. The van der Waals surface area contributed by atoms with E-state index < -0.39 is 8.07 Å². The summed E-state index contributed by atoms with van der Waals surface area (Å²) in [5.41, 5.74) is 4.22. The summed E-state index contributed by atoms with van der Waals surface area (Å²) in [5.74, 6) is 2.82. The molecule has 0 radical (unpaired) electrons. The first-order valence-electron chi connectivity index (χ1n) is 13.7. The number of hydrogen-bond acceptors (Lipinski definition) is 9. The lowest BCUT2D eigenvalue weighted by molar-refractivity contribution is -0.138. The van der Waals surface area contributed by atoms with Gasteiger partial charge in [0.2, 0.25) is 0 Å². The normalized spacial score (nSPS) is 20.8. The van der Waals surface area contributed by atoms with Crippen molar-refractivity contribution in [3.8, 4) is 11.5 Å². The van der Waals surface area contributed by atoms with Gasteiger partial charge < -0.3 is 24.0 Å². The summed E-state index contributed by atoms with van der Waals surface area (Å²) in [5, 5.41) is 9.91. The van der Waals surface area contributed by atoms with Gasteiger partial charge in [0.05, 0.1) is 11.4 Å². The summed E-state index contributed by atoms with van der Waals surface area (Å²) in [4.78, 5) is 28.2. The average molecular weight is 723 g/mol. The molecule has 0 fully saturated rings. The third kappa shape index (κ3) is 6.51. The number of rotatable bonds is 5. The van der Waals surface area contributed by atoms with E-state index in [1.54, 1.807) is 0 Å². The molecule has 2 amide bonds. The van der Waals surface area contributed by atoms with Crippen molar-refractivity contribution in [2.75, 3.05) is 36.4 Å². The van der Waals surface area contributed by atoms with Crippen LogP contribution in [-0.2, 0) is 14.3 Å². The van der Waals surface area contributed by atoms with Gasteiger partial charge in [-0.2, -0.15) is 10.2 Å². The van der Waals surface area contributed by atoms with E-state index in [9.17, 15) is 9.59 Å². The minimum Gasteiger partial charge on any atom is -0.483 e. The highest BCUT2D eigenvalue weighted by Gasteiger charge is 2.39. The lowest BCUT2D eigenvalue weighted by Crippen LogP contribution is -2.57. The second-order valence-corrected chi connectivity index (χ2v) is 19.0. The molecule has 6 rings (SSSR count). The molecule has 0 aliphatic carbocycles. The number of amidine groups is 2. The summed E-state index contributed by atoms with van der Waals surface area (Å²) in [6.45, 7) is 12.2. The van der Waals surface area contributed by atoms with Crippen LogP contribution >= 0.6 is 31.9 Å². The molecule has 14 heteroatoms. The number of carbonyl (C=O) groups excluding carboxylic acids is 2. The average Bonchev–Trinajstić information content (AvgIpc) is 2.94. The molecule has 0 spiro atoms. The molecule has 0 saturated heterocycles. The molecule has 0 aromatic heterocycles. The maximum absolute atomic E-state index is 12.7. The summed E-state index contributed by atoms with van der Waals surface area (Å²) in [7, 11) is -1.14. The number of fused-ring (bicyclic) bond motifs is 6. The molecule has 2 aromatic carbocycles. The molecule has 224 valence electrons. The van der Waals surface area contributed by atoms with Gasteiger partial charge in [-0.3, -0.25) is 9.59 Å². The van der Waals surface area contributed by atoms with Gasteiger partial charge in [0, 0.05) is 23.6 Å². The van der Waals surface area contributed by atoms with E-state index in [0.29, 0.717) is 19.8 Å². The van der Waals surface area contributed by atoms with Crippen LogP contribution in [0.2, 0.25) is 25.7 Å². The standard InChI is InChI=1S/C17H24BrN3O3Si.C11H10BrN3O2/c1-12-17(22)20(11-23-7-8-25(2,3)4)19-16-10-24-15-6-5-13(18)9-14(15)21(12)16;1-6-11(16)14-13-10-5-17-9-3-2-7(12)4-8(9)15(6)10/h5-6,9,12H,7-8,10-11H2,1-4H3;2-4,6H,5H2,1H3,(H,14,16). The van der Waals surface area contributed by atoms with Crippen LogP contribution in [0.1, 0.15) is 13.8 Å². The summed E-state index contributed by atoms with van der Waals surface area (Å²) >= 11 is 6.90. The van der Waals surface area contributed by atoms with Crippen molar-refractivity contribution < 1.29 is 23.8 Å². The van der Waals surface area contributed by atoms with Crippen molar-refractivity contribution in [3.63, 3.8) is 0 Å². The van der Waals surface area contributed by atoms with Gasteiger partial charge in [0.25, 0.3) is 11.8 Å². The Morgan fingerprint density at radius 3 is 2.10 bits per heavy atom. The molecule has 42 heavy (non-hydrogen) atoms.